The zero-order valence-electron chi connectivity index (χ0n) is 16.7. The lowest BCUT2D eigenvalue weighted by atomic mass is 9.77. The Morgan fingerprint density at radius 3 is 2.54 bits per heavy atom. The zero-order chi connectivity index (χ0) is 20.5. The molecule has 1 heterocycles. The molecule has 2 aliphatic rings. The van der Waals surface area contributed by atoms with Gasteiger partial charge in [-0.1, -0.05) is 38.4 Å². The lowest BCUT2D eigenvalue weighted by Gasteiger charge is -2.33. The summed E-state index contributed by atoms with van der Waals surface area (Å²) in [6.45, 7) is 5.84. The number of hydrogen-bond donors (Lipinski definition) is 2. The third kappa shape index (κ3) is 3.75. The predicted octanol–water partition coefficient (Wildman–Crippen LogP) is 3.90. The Bertz CT molecular complexity index is 800. The molecule has 1 saturated carbocycles. The maximum absolute atomic E-state index is 12.9. The van der Waals surface area contributed by atoms with Crippen molar-refractivity contribution in [1.29, 1.82) is 0 Å². The van der Waals surface area contributed by atoms with Crippen LogP contribution in [0.1, 0.15) is 57.6 Å². The summed E-state index contributed by atoms with van der Waals surface area (Å²) in [6.07, 6.45) is 4.47. The highest BCUT2D eigenvalue weighted by atomic mass is 35.5. The smallest absolute Gasteiger partial charge is 0.324 e. The largest absolute Gasteiger partial charge is 0.325 e. The number of nitrogens with zero attached hydrogens (tertiary/aromatic N) is 1. The van der Waals surface area contributed by atoms with Gasteiger partial charge in [0.1, 0.15) is 12.1 Å². The van der Waals surface area contributed by atoms with Gasteiger partial charge in [0.15, 0.2) is 0 Å². The zero-order valence-corrected chi connectivity index (χ0v) is 17.5. The van der Waals surface area contributed by atoms with Crippen LogP contribution in [0.3, 0.4) is 0 Å². The van der Waals surface area contributed by atoms with Crippen LogP contribution >= 0.6 is 11.6 Å². The Morgan fingerprint density at radius 2 is 1.93 bits per heavy atom. The third-order valence-electron chi connectivity index (χ3n) is 6.02. The van der Waals surface area contributed by atoms with E-state index in [1.165, 1.54) is 0 Å². The van der Waals surface area contributed by atoms with Crippen LogP contribution in [0.15, 0.2) is 12.1 Å². The SMILES string of the molecule is CCc1ccc(Cl)c(CC)c1NC(=O)CN1C(=O)NC2(CCC(C)CC2)C1=O. The van der Waals surface area contributed by atoms with Gasteiger partial charge in [-0.2, -0.15) is 0 Å². The van der Waals surface area contributed by atoms with E-state index in [1.807, 2.05) is 26.0 Å². The molecule has 152 valence electrons. The minimum absolute atomic E-state index is 0.280. The van der Waals surface area contributed by atoms with Gasteiger partial charge in [0.2, 0.25) is 5.91 Å². The van der Waals surface area contributed by atoms with E-state index in [1.54, 1.807) is 0 Å². The van der Waals surface area contributed by atoms with Crippen LogP contribution in [-0.2, 0) is 22.4 Å². The number of carbonyl (C=O) groups excluding carboxylic acids is 3. The average Bonchev–Trinajstić information content (AvgIpc) is 2.89. The number of imide groups is 1. The van der Waals surface area contributed by atoms with Gasteiger partial charge in [-0.05, 0) is 61.6 Å². The molecule has 0 atom stereocenters. The Kier molecular flexibility index (Phi) is 5.98. The lowest BCUT2D eigenvalue weighted by molar-refractivity contribution is -0.135. The highest BCUT2D eigenvalue weighted by Gasteiger charge is 2.52. The standard InChI is InChI=1S/C21H28ClN3O3/c1-4-14-6-7-16(22)15(5-2)18(14)23-17(26)12-25-19(27)21(24-20(25)28)10-8-13(3)9-11-21/h6-7,13H,4-5,8-12H2,1-3H3,(H,23,26)(H,24,28). The number of urea groups is 1. The van der Waals surface area contributed by atoms with E-state index in [2.05, 4.69) is 17.6 Å². The molecule has 2 fully saturated rings. The van der Waals surface area contributed by atoms with Gasteiger partial charge < -0.3 is 10.6 Å². The molecule has 7 heteroatoms. The van der Waals surface area contributed by atoms with Gasteiger partial charge in [-0.3, -0.25) is 14.5 Å². The van der Waals surface area contributed by atoms with Crippen molar-refractivity contribution in [2.75, 3.05) is 11.9 Å². The molecule has 1 aromatic carbocycles. The second kappa shape index (κ2) is 8.11. The van der Waals surface area contributed by atoms with Crippen LogP contribution in [-0.4, -0.2) is 34.8 Å². The Hall–Kier alpha value is -2.08. The fraction of sp³-hybridized carbons (Fsp3) is 0.571. The van der Waals surface area contributed by atoms with Gasteiger partial charge in [0.25, 0.3) is 5.91 Å². The molecule has 0 bridgehead atoms. The number of hydrogen-bond acceptors (Lipinski definition) is 3. The van der Waals surface area contributed by atoms with Gasteiger partial charge in [0.05, 0.1) is 0 Å². The maximum Gasteiger partial charge on any atom is 0.325 e. The summed E-state index contributed by atoms with van der Waals surface area (Å²) in [5, 5.41) is 6.34. The fourth-order valence-electron chi connectivity index (χ4n) is 4.20. The van der Waals surface area contributed by atoms with Crippen molar-refractivity contribution in [2.45, 2.75) is 64.8 Å². The van der Waals surface area contributed by atoms with E-state index in [-0.39, 0.29) is 12.5 Å². The fourth-order valence-corrected chi connectivity index (χ4v) is 4.49. The second-order valence-corrected chi connectivity index (χ2v) is 8.31. The highest BCUT2D eigenvalue weighted by molar-refractivity contribution is 6.32. The molecule has 4 amide bonds. The van der Waals surface area contributed by atoms with Crippen molar-refractivity contribution >= 4 is 35.1 Å². The third-order valence-corrected chi connectivity index (χ3v) is 6.37. The summed E-state index contributed by atoms with van der Waals surface area (Å²) in [7, 11) is 0. The summed E-state index contributed by atoms with van der Waals surface area (Å²) in [5.74, 6) is -0.121. The molecule has 0 radical (unpaired) electrons. The number of benzene rings is 1. The minimum Gasteiger partial charge on any atom is -0.324 e. The molecular weight excluding hydrogens is 378 g/mol. The average molecular weight is 406 g/mol. The van der Waals surface area contributed by atoms with Crippen molar-refractivity contribution in [3.8, 4) is 0 Å². The molecule has 0 unspecified atom stereocenters. The highest BCUT2D eigenvalue weighted by Crippen LogP contribution is 2.36. The minimum atomic E-state index is -0.830. The predicted molar refractivity (Wildman–Crippen MR) is 109 cm³/mol. The van der Waals surface area contributed by atoms with Crippen molar-refractivity contribution in [3.05, 3.63) is 28.3 Å². The van der Waals surface area contributed by atoms with Crippen LogP contribution in [0.4, 0.5) is 10.5 Å². The quantitative estimate of drug-likeness (QED) is 0.729. The van der Waals surface area contributed by atoms with E-state index in [0.717, 1.165) is 35.3 Å². The van der Waals surface area contributed by atoms with E-state index in [4.69, 9.17) is 11.6 Å². The summed E-state index contributed by atoms with van der Waals surface area (Å²) in [5.41, 5.74) is 1.70. The Labute approximate surface area is 171 Å². The number of aryl methyl sites for hydroxylation is 1. The van der Waals surface area contributed by atoms with Crippen molar-refractivity contribution < 1.29 is 14.4 Å². The van der Waals surface area contributed by atoms with Gasteiger partial charge in [-0.15, -0.1) is 0 Å². The number of carbonyl (C=O) groups is 3. The molecule has 1 aliphatic carbocycles. The first kappa shape index (κ1) is 20.6. The van der Waals surface area contributed by atoms with Crippen molar-refractivity contribution in [2.24, 2.45) is 5.92 Å². The normalized spacial score (nSPS) is 24.6. The van der Waals surface area contributed by atoms with Crippen LogP contribution in [0, 0.1) is 5.92 Å². The lowest BCUT2D eigenvalue weighted by Crippen LogP contribution is -2.49. The van der Waals surface area contributed by atoms with Crippen LogP contribution < -0.4 is 10.6 Å². The van der Waals surface area contributed by atoms with Gasteiger partial charge in [-0.25, -0.2) is 4.79 Å². The summed E-state index contributed by atoms with van der Waals surface area (Å²) >= 11 is 6.29. The van der Waals surface area contributed by atoms with E-state index < -0.39 is 17.5 Å². The van der Waals surface area contributed by atoms with Crippen molar-refractivity contribution in [3.63, 3.8) is 0 Å². The molecular formula is C21H28ClN3O3. The van der Waals surface area contributed by atoms with E-state index in [0.29, 0.717) is 35.9 Å². The molecule has 6 nitrogen and oxygen atoms in total. The molecule has 0 aromatic heterocycles. The molecule has 1 spiro atoms. The molecule has 28 heavy (non-hydrogen) atoms. The van der Waals surface area contributed by atoms with E-state index in [9.17, 15) is 14.4 Å². The number of nitrogens with one attached hydrogen (secondary N) is 2. The maximum atomic E-state index is 12.9. The topological polar surface area (TPSA) is 78.5 Å². The summed E-state index contributed by atoms with van der Waals surface area (Å²) < 4.78 is 0. The summed E-state index contributed by atoms with van der Waals surface area (Å²) in [6, 6.07) is 3.25. The van der Waals surface area contributed by atoms with Crippen LogP contribution in [0.25, 0.3) is 0 Å². The van der Waals surface area contributed by atoms with E-state index >= 15 is 0 Å². The number of anilines is 1. The number of halogens is 1. The number of rotatable bonds is 5. The van der Waals surface area contributed by atoms with Gasteiger partial charge >= 0.3 is 6.03 Å². The first-order chi connectivity index (χ1) is 13.3. The molecule has 2 N–H and O–H groups in total. The second-order valence-electron chi connectivity index (χ2n) is 7.90. The Morgan fingerprint density at radius 1 is 1.25 bits per heavy atom. The van der Waals surface area contributed by atoms with Crippen LogP contribution in [0.2, 0.25) is 5.02 Å². The monoisotopic (exact) mass is 405 g/mol. The molecule has 1 saturated heterocycles. The Balaban J connectivity index is 1.75. The molecule has 1 aliphatic heterocycles. The summed E-state index contributed by atoms with van der Waals surface area (Å²) in [4.78, 5) is 39.1. The van der Waals surface area contributed by atoms with Crippen molar-refractivity contribution in [1.82, 2.24) is 10.2 Å². The molecule has 3 rings (SSSR count). The number of amides is 4. The van der Waals surface area contributed by atoms with Gasteiger partial charge in [0, 0.05) is 10.7 Å². The first-order valence-corrected chi connectivity index (χ1v) is 10.4. The first-order valence-electron chi connectivity index (χ1n) is 10.1. The van der Waals surface area contributed by atoms with Crippen LogP contribution in [0.5, 0.6) is 0 Å². The molecule has 1 aromatic rings.